The van der Waals surface area contributed by atoms with E-state index in [2.05, 4.69) is 22.2 Å². The first kappa shape index (κ1) is 18.3. The van der Waals surface area contributed by atoms with E-state index in [-0.39, 0.29) is 6.09 Å². The van der Waals surface area contributed by atoms with Crippen molar-refractivity contribution < 1.29 is 9.53 Å². The Morgan fingerprint density at radius 3 is 2.50 bits per heavy atom. The largest absolute Gasteiger partial charge is 0.444 e. The fraction of sp³-hybridized carbons (Fsp3) is 0.714. The number of rotatable bonds is 6. The summed E-state index contributed by atoms with van der Waals surface area (Å²) in [4.78, 5) is 17.6. The maximum absolute atomic E-state index is 11.9. The molecule has 0 aromatic heterocycles. The molecule has 0 radical (unpaired) electrons. The van der Waals surface area contributed by atoms with Crippen molar-refractivity contribution in [3.05, 3.63) is 12.7 Å². The van der Waals surface area contributed by atoms with Crippen molar-refractivity contribution in [3.63, 3.8) is 0 Å². The number of nitrogens with zero attached hydrogens (tertiary/aromatic N) is 2. The average molecular weight is 284 g/mol. The van der Waals surface area contributed by atoms with Gasteiger partial charge in [0.25, 0.3) is 0 Å². The molecule has 116 valence electrons. The lowest BCUT2D eigenvalue weighted by Gasteiger charge is -2.26. The summed E-state index contributed by atoms with van der Waals surface area (Å²) in [6, 6.07) is 0. The monoisotopic (exact) mass is 284 g/mol. The third-order valence-corrected chi connectivity index (χ3v) is 2.35. The lowest BCUT2D eigenvalue weighted by molar-refractivity contribution is 0.0264. The average Bonchev–Trinajstić information content (AvgIpc) is 2.36. The van der Waals surface area contributed by atoms with Crippen LogP contribution in [-0.4, -0.2) is 55.8 Å². The summed E-state index contributed by atoms with van der Waals surface area (Å²) in [5.74, 6) is 0.685. The van der Waals surface area contributed by atoms with Crippen molar-refractivity contribution in [3.8, 4) is 0 Å². The van der Waals surface area contributed by atoms with Crippen LogP contribution in [0.5, 0.6) is 0 Å². The van der Waals surface area contributed by atoms with Crippen LogP contribution < -0.4 is 10.6 Å². The minimum atomic E-state index is -0.473. The van der Waals surface area contributed by atoms with Crippen molar-refractivity contribution in [1.29, 1.82) is 0 Å². The van der Waals surface area contributed by atoms with E-state index in [1.165, 1.54) is 0 Å². The van der Waals surface area contributed by atoms with Gasteiger partial charge in [-0.3, -0.25) is 4.99 Å². The van der Waals surface area contributed by atoms with E-state index in [1.807, 2.05) is 27.7 Å². The van der Waals surface area contributed by atoms with Crippen LogP contribution in [0.25, 0.3) is 0 Å². The van der Waals surface area contributed by atoms with E-state index in [0.29, 0.717) is 32.1 Å². The summed E-state index contributed by atoms with van der Waals surface area (Å²) in [7, 11) is 1.70. The summed E-state index contributed by atoms with van der Waals surface area (Å²) in [5.41, 5.74) is -0.473. The van der Waals surface area contributed by atoms with Gasteiger partial charge in [-0.2, -0.15) is 0 Å². The molecular formula is C14H28N4O2. The van der Waals surface area contributed by atoms with Crippen molar-refractivity contribution >= 4 is 12.1 Å². The maximum atomic E-state index is 11.9. The van der Waals surface area contributed by atoms with Crippen LogP contribution in [0, 0.1) is 0 Å². The zero-order valence-corrected chi connectivity index (χ0v) is 13.3. The molecule has 0 saturated heterocycles. The topological polar surface area (TPSA) is 66.0 Å². The van der Waals surface area contributed by atoms with Gasteiger partial charge in [0.1, 0.15) is 5.60 Å². The number of amides is 1. The highest BCUT2D eigenvalue weighted by atomic mass is 16.6. The first-order valence-corrected chi connectivity index (χ1v) is 6.87. The molecule has 0 aromatic carbocycles. The SMILES string of the molecule is C=CCNC(=NC)NCCN(CC)C(=O)OC(C)(C)C. The van der Waals surface area contributed by atoms with E-state index in [1.54, 1.807) is 18.0 Å². The smallest absolute Gasteiger partial charge is 0.410 e. The first-order chi connectivity index (χ1) is 9.34. The van der Waals surface area contributed by atoms with Crippen LogP contribution in [0.1, 0.15) is 27.7 Å². The Bertz CT molecular complexity index is 335. The van der Waals surface area contributed by atoms with Crippen LogP contribution in [0.4, 0.5) is 4.79 Å². The van der Waals surface area contributed by atoms with Gasteiger partial charge >= 0.3 is 6.09 Å². The summed E-state index contributed by atoms with van der Waals surface area (Å²) in [5, 5.41) is 6.19. The van der Waals surface area contributed by atoms with Crippen LogP contribution in [0.15, 0.2) is 17.6 Å². The Labute approximate surface area is 122 Å². The Morgan fingerprint density at radius 1 is 1.40 bits per heavy atom. The predicted molar refractivity (Wildman–Crippen MR) is 83.0 cm³/mol. The summed E-state index contributed by atoms with van der Waals surface area (Å²) >= 11 is 0. The number of aliphatic imine (C=N–C) groups is 1. The minimum Gasteiger partial charge on any atom is -0.444 e. The Hall–Kier alpha value is -1.72. The standard InChI is InChI=1S/C14H28N4O2/c1-7-9-16-12(15-6)17-10-11-18(8-2)13(19)20-14(3,4)5/h7H,1,8-11H2,2-6H3,(H2,15,16,17). The lowest BCUT2D eigenvalue weighted by atomic mass is 10.2. The maximum Gasteiger partial charge on any atom is 0.410 e. The van der Waals surface area contributed by atoms with Gasteiger partial charge < -0.3 is 20.3 Å². The Balaban J connectivity index is 4.18. The molecule has 0 atom stereocenters. The number of guanidine groups is 1. The third kappa shape index (κ3) is 8.39. The number of nitrogens with one attached hydrogen (secondary N) is 2. The van der Waals surface area contributed by atoms with Crippen molar-refractivity contribution in [2.45, 2.75) is 33.3 Å². The van der Waals surface area contributed by atoms with Crippen LogP contribution in [-0.2, 0) is 4.74 Å². The van der Waals surface area contributed by atoms with Gasteiger partial charge in [-0.15, -0.1) is 6.58 Å². The molecule has 20 heavy (non-hydrogen) atoms. The van der Waals surface area contributed by atoms with Gasteiger partial charge in [-0.05, 0) is 27.7 Å². The van der Waals surface area contributed by atoms with E-state index in [4.69, 9.17) is 4.74 Å². The van der Waals surface area contributed by atoms with Crippen LogP contribution >= 0.6 is 0 Å². The molecule has 2 N–H and O–H groups in total. The summed E-state index contributed by atoms with van der Waals surface area (Å²) < 4.78 is 5.34. The van der Waals surface area contributed by atoms with E-state index < -0.39 is 5.60 Å². The highest BCUT2D eigenvalue weighted by molar-refractivity contribution is 5.79. The number of hydrogen-bond acceptors (Lipinski definition) is 3. The lowest BCUT2D eigenvalue weighted by Crippen LogP contribution is -2.44. The minimum absolute atomic E-state index is 0.296. The molecule has 6 heteroatoms. The quantitative estimate of drug-likeness (QED) is 0.442. The number of carbonyl (C=O) groups is 1. The second kappa shape index (κ2) is 9.23. The predicted octanol–water partition coefficient (Wildman–Crippen LogP) is 1.59. The fourth-order valence-electron chi connectivity index (χ4n) is 1.40. The second-order valence-electron chi connectivity index (χ2n) is 5.23. The van der Waals surface area contributed by atoms with Crippen molar-refractivity contribution in [2.24, 2.45) is 4.99 Å². The highest BCUT2D eigenvalue weighted by Crippen LogP contribution is 2.09. The molecule has 0 aliphatic rings. The van der Waals surface area contributed by atoms with Gasteiger partial charge in [0.15, 0.2) is 5.96 Å². The van der Waals surface area contributed by atoms with Gasteiger partial charge in [-0.1, -0.05) is 6.08 Å². The number of carbonyl (C=O) groups excluding carboxylic acids is 1. The van der Waals surface area contributed by atoms with E-state index >= 15 is 0 Å². The second-order valence-corrected chi connectivity index (χ2v) is 5.23. The number of hydrogen-bond donors (Lipinski definition) is 2. The number of likely N-dealkylation sites (N-methyl/N-ethyl adjacent to an activating group) is 1. The van der Waals surface area contributed by atoms with Gasteiger partial charge in [0.2, 0.25) is 0 Å². The molecule has 0 bridgehead atoms. The van der Waals surface area contributed by atoms with Crippen molar-refractivity contribution in [1.82, 2.24) is 15.5 Å². The molecule has 0 heterocycles. The highest BCUT2D eigenvalue weighted by Gasteiger charge is 2.20. The molecule has 0 saturated carbocycles. The molecular weight excluding hydrogens is 256 g/mol. The zero-order valence-electron chi connectivity index (χ0n) is 13.3. The van der Waals surface area contributed by atoms with Crippen LogP contribution in [0.2, 0.25) is 0 Å². The molecule has 0 spiro atoms. The van der Waals surface area contributed by atoms with Gasteiger partial charge in [0.05, 0.1) is 0 Å². The molecule has 1 amide bonds. The number of ether oxygens (including phenoxy) is 1. The molecule has 0 aromatic rings. The van der Waals surface area contributed by atoms with E-state index in [9.17, 15) is 4.79 Å². The normalized spacial score (nSPS) is 11.8. The molecule has 0 fully saturated rings. The Kier molecular flexibility index (Phi) is 8.43. The summed E-state index contributed by atoms with van der Waals surface area (Å²) in [6.07, 6.45) is 1.46. The molecule has 0 rings (SSSR count). The molecule has 0 aliphatic carbocycles. The first-order valence-electron chi connectivity index (χ1n) is 6.87. The zero-order chi connectivity index (χ0) is 15.6. The molecule has 6 nitrogen and oxygen atoms in total. The summed E-state index contributed by atoms with van der Waals surface area (Å²) in [6.45, 7) is 13.5. The third-order valence-electron chi connectivity index (χ3n) is 2.35. The van der Waals surface area contributed by atoms with Crippen LogP contribution in [0.3, 0.4) is 0 Å². The van der Waals surface area contributed by atoms with Gasteiger partial charge in [-0.25, -0.2) is 4.79 Å². The molecule has 0 aliphatic heterocycles. The molecule has 0 unspecified atom stereocenters. The van der Waals surface area contributed by atoms with E-state index in [0.717, 1.165) is 0 Å². The van der Waals surface area contributed by atoms with Crippen molar-refractivity contribution in [2.75, 3.05) is 33.2 Å². The van der Waals surface area contributed by atoms with Gasteiger partial charge in [0, 0.05) is 33.2 Å². The fourth-order valence-corrected chi connectivity index (χ4v) is 1.40. The Morgan fingerprint density at radius 2 is 2.05 bits per heavy atom.